The van der Waals surface area contributed by atoms with Crippen LogP contribution in [0, 0.1) is 0 Å². The first-order valence-electron chi connectivity index (χ1n) is 9.21. The number of unbranched alkanes of at least 4 members (excludes halogenated alkanes) is 3. The van der Waals surface area contributed by atoms with Crippen LogP contribution in [0.2, 0.25) is 0 Å². The molecule has 0 heterocycles. The molecule has 2 unspecified atom stereocenters. The number of alkyl carbamates (subject to hydrolysis) is 2. The molecule has 0 bridgehead atoms. The normalized spacial score (nSPS) is 13.7. The minimum atomic E-state index is -4.20. The first-order valence-corrected chi connectivity index (χ1v) is 10.7. The van der Waals surface area contributed by atoms with Gasteiger partial charge in [-0.3, -0.25) is 9.36 Å². The largest absolute Gasteiger partial charge is 0.756 e. The minimum Gasteiger partial charge on any atom is -0.756 e. The van der Waals surface area contributed by atoms with E-state index in [0.717, 1.165) is 7.11 Å². The van der Waals surface area contributed by atoms with Crippen LogP contribution >= 0.6 is 7.82 Å². The molecule has 0 aliphatic rings. The molecule has 170 valence electrons. The number of carbonyl (C=O) groups excluding carboxylic acids is 3. The fraction of sp³-hybridized carbons (Fsp3) is 0.812. The zero-order valence-corrected chi connectivity index (χ0v) is 18.0. The van der Waals surface area contributed by atoms with Crippen molar-refractivity contribution < 1.29 is 42.4 Å². The standard InChI is InChI=1S/C16H32N3O9P/c1-25-15(21)18-11-7-5-9-13(19-16(22)26-2)14(20)17-10-6-4-8-12-28-29(23,24)27-3/h13H,4-12H2,1-3H3,(H,17,20)(H,18,21)(H,19,22)(H,23,24)/p-1. The van der Waals surface area contributed by atoms with Gasteiger partial charge in [0.2, 0.25) is 5.91 Å². The van der Waals surface area contributed by atoms with Gasteiger partial charge in [-0.05, 0) is 38.5 Å². The number of methoxy groups -OCH3 is 2. The van der Waals surface area contributed by atoms with E-state index < -0.39 is 26.1 Å². The number of hydrogen-bond donors (Lipinski definition) is 3. The number of nitrogens with one attached hydrogen (secondary N) is 3. The minimum absolute atomic E-state index is 0.00863. The van der Waals surface area contributed by atoms with Crippen LogP contribution in [0.4, 0.5) is 9.59 Å². The van der Waals surface area contributed by atoms with Crippen LogP contribution in [0.5, 0.6) is 0 Å². The molecule has 0 aromatic carbocycles. The summed E-state index contributed by atoms with van der Waals surface area (Å²) >= 11 is 0. The van der Waals surface area contributed by atoms with E-state index in [9.17, 15) is 23.8 Å². The third-order valence-corrected chi connectivity index (χ3v) is 4.71. The Labute approximate surface area is 170 Å². The van der Waals surface area contributed by atoms with E-state index in [-0.39, 0.29) is 12.5 Å². The zero-order chi connectivity index (χ0) is 22.1. The predicted molar refractivity (Wildman–Crippen MR) is 101 cm³/mol. The Morgan fingerprint density at radius 1 is 0.897 bits per heavy atom. The summed E-state index contributed by atoms with van der Waals surface area (Å²) in [5.74, 6) is -0.351. The SMILES string of the molecule is COC(=O)NCCCCC(NC(=O)OC)C(=O)NCCCCCOP(=O)([O-])OC. The first kappa shape index (κ1) is 27.1. The van der Waals surface area contributed by atoms with Gasteiger partial charge in [0, 0.05) is 20.2 Å². The lowest BCUT2D eigenvalue weighted by molar-refractivity contribution is -0.223. The molecule has 0 fully saturated rings. The second-order valence-corrected chi connectivity index (χ2v) is 7.44. The van der Waals surface area contributed by atoms with Gasteiger partial charge in [-0.1, -0.05) is 0 Å². The Morgan fingerprint density at radius 3 is 2.14 bits per heavy atom. The van der Waals surface area contributed by atoms with Crippen LogP contribution in [-0.4, -0.2) is 65.2 Å². The molecule has 0 aliphatic heterocycles. The van der Waals surface area contributed by atoms with Crippen LogP contribution in [0.15, 0.2) is 0 Å². The smallest absolute Gasteiger partial charge is 0.407 e. The van der Waals surface area contributed by atoms with Crippen molar-refractivity contribution in [3.8, 4) is 0 Å². The van der Waals surface area contributed by atoms with Gasteiger partial charge in [0.25, 0.3) is 7.82 Å². The number of rotatable bonds is 15. The number of ether oxygens (including phenoxy) is 2. The summed E-state index contributed by atoms with van der Waals surface area (Å²) in [5, 5.41) is 7.72. The summed E-state index contributed by atoms with van der Waals surface area (Å²) in [4.78, 5) is 45.7. The number of hydrogen-bond acceptors (Lipinski definition) is 9. The highest BCUT2D eigenvalue weighted by atomic mass is 31.2. The van der Waals surface area contributed by atoms with Crippen LogP contribution in [0.25, 0.3) is 0 Å². The fourth-order valence-electron chi connectivity index (χ4n) is 2.17. The van der Waals surface area contributed by atoms with E-state index in [4.69, 9.17) is 0 Å². The molecule has 0 rings (SSSR count). The molecule has 13 heteroatoms. The Kier molecular flexibility index (Phi) is 14.9. The molecular weight excluding hydrogens is 409 g/mol. The molecule has 12 nitrogen and oxygen atoms in total. The molecule has 3 N–H and O–H groups in total. The van der Waals surface area contributed by atoms with Gasteiger partial charge in [0.15, 0.2) is 0 Å². The highest BCUT2D eigenvalue weighted by Gasteiger charge is 2.20. The molecule has 0 aromatic heterocycles. The quantitative estimate of drug-likeness (QED) is 0.245. The lowest BCUT2D eigenvalue weighted by Gasteiger charge is -2.20. The first-order chi connectivity index (χ1) is 13.8. The molecule has 0 aliphatic carbocycles. The van der Waals surface area contributed by atoms with Gasteiger partial charge >= 0.3 is 12.2 Å². The van der Waals surface area contributed by atoms with Crippen LogP contribution < -0.4 is 20.8 Å². The van der Waals surface area contributed by atoms with E-state index >= 15 is 0 Å². The van der Waals surface area contributed by atoms with Crippen molar-refractivity contribution in [1.82, 2.24) is 16.0 Å². The maximum Gasteiger partial charge on any atom is 0.407 e. The molecule has 0 saturated heterocycles. The third kappa shape index (κ3) is 14.7. The molecule has 0 saturated carbocycles. The summed E-state index contributed by atoms with van der Waals surface area (Å²) in [5.41, 5.74) is 0. The van der Waals surface area contributed by atoms with E-state index in [0.29, 0.717) is 51.6 Å². The van der Waals surface area contributed by atoms with Crippen molar-refractivity contribution in [3.05, 3.63) is 0 Å². The molecule has 2 atom stereocenters. The summed E-state index contributed by atoms with van der Waals surface area (Å²) in [6, 6.07) is -0.767. The van der Waals surface area contributed by atoms with Crippen molar-refractivity contribution in [2.75, 3.05) is 41.0 Å². The van der Waals surface area contributed by atoms with Crippen molar-refractivity contribution in [1.29, 1.82) is 0 Å². The van der Waals surface area contributed by atoms with Crippen molar-refractivity contribution in [2.45, 2.75) is 44.6 Å². The highest BCUT2D eigenvalue weighted by molar-refractivity contribution is 7.45. The van der Waals surface area contributed by atoms with Crippen LogP contribution in [0.3, 0.4) is 0 Å². The van der Waals surface area contributed by atoms with Gasteiger partial charge in [-0.2, -0.15) is 0 Å². The van der Waals surface area contributed by atoms with Gasteiger partial charge in [-0.25, -0.2) is 9.59 Å². The Balaban J connectivity index is 4.12. The summed E-state index contributed by atoms with van der Waals surface area (Å²) in [6.45, 7) is 0.761. The molecule has 0 aromatic rings. The van der Waals surface area contributed by atoms with Crippen molar-refractivity contribution >= 4 is 25.9 Å². The van der Waals surface area contributed by atoms with E-state index in [1.165, 1.54) is 14.2 Å². The van der Waals surface area contributed by atoms with E-state index in [1.807, 2.05) is 0 Å². The van der Waals surface area contributed by atoms with Crippen LogP contribution in [0.1, 0.15) is 38.5 Å². The molecule has 0 radical (unpaired) electrons. The zero-order valence-electron chi connectivity index (χ0n) is 17.1. The van der Waals surface area contributed by atoms with Gasteiger partial charge in [0.05, 0.1) is 20.8 Å². The monoisotopic (exact) mass is 440 g/mol. The van der Waals surface area contributed by atoms with Crippen LogP contribution in [-0.2, 0) is 27.9 Å². The van der Waals surface area contributed by atoms with Gasteiger partial charge in [-0.15, -0.1) is 0 Å². The summed E-state index contributed by atoms with van der Waals surface area (Å²) in [7, 11) is -0.700. The molecule has 0 spiro atoms. The average Bonchev–Trinajstić information content (AvgIpc) is 2.71. The lowest BCUT2D eigenvalue weighted by Crippen LogP contribution is -2.47. The molecular formula is C16H31N3O9P-. The second-order valence-electron chi connectivity index (χ2n) is 5.92. The second kappa shape index (κ2) is 16.0. The topological polar surface area (TPSA) is 164 Å². The van der Waals surface area contributed by atoms with Crippen molar-refractivity contribution in [3.63, 3.8) is 0 Å². The number of amides is 3. The Bertz CT molecular complexity index is 548. The average molecular weight is 440 g/mol. The number of phosphoric acid groups is 1. The Hall–Kier alpha value is -1.88. The van der Waals surface area contributed by atoms with E-state index in [2.05, 4.69) is 34.5 Å². The molecule has 29 heavy (non-hydrogen) atoms. The van der Waals surface area contributed by atoms with Gasteiger partial charge in [0.1, 0.15) is 6.04 Å². The summed E-state index contributed by atoms with van der Waals surface area (Å²) < 4.78 is 28.7. The Morgan fingerprint density at radius 2 is 1.52 bits per heavy atom. The maximum absolute atomic E-state index is 12.3. The summed E-state index contributed by atoms with van der Waals surface area (Å²) in [6.07, 6.45) is 2.05. The predicted octanol–water partition coefficient (Wildman–Crippen LogP) is 0.655. The fourth-order valence-corrected chi connectivity index (χ4v) is 2.63. The van der Waals surface area contributed by atoms with Gasteiger partial charge < -0.3 is 39.4 Å². The maximum atomic E-state index is 12.3. The number of phosphoric ester groups is 1. The lowest BCUT2D eigenvalue weighted by atomic mass is 10.1. The van der Waals surface area contributed by atoms with E-state index in [1.54, 1.807) is 0 Å². The third-order valence-electron chi connectivity index (χ3n) is 3.76. The highest BCUT2D eigenvalue weighted by Crippen LogP contribution is 2.36. The van der Waals surface area contributed by atoms with Crippen molar-refractivity contribution in [2.24, 2.45) is 0 Å². The number of carbonyl (C=O) groups is 3. The molecule has 3 amide bonds.